The van der Waals surface area contributed by atoms with Crippen LogP contribution in [0.4, 0.5) is 4.79 Å². The predicted octanol–water partition coefficient (Wildman–Crippen LogP) is 3.08. The fourth-order valence-corrected chi connectivity index (χ4v) is 3.91. The minimum absolute atomic E-state index is 0.0202. The number of nitrogens with zero attached hydrogens (tertiary/aromatic N) is 2. The van der Waals surface area contributed by atoms with Crippen molar-refractivity contribution in [2.45, 2.75) is 38.6 Å². The molecule has 0 aromatic heterocycles. The number of para-hydroxylation sites is 1. The number of carbonyl (C=O) groups is 2. The second-order valence-electron chi connectivity index (χ2n) is 7.17. The molecule has 2 aliphatic heterocycles. The molecule has 0 unspecified atom stereocenters. The van der Waals surface area contributed by atoms with Crippen molar-refractivity contribution >= 4 is 11.9 Å². The molecule has 0 radical (unpaired) electrons. The van der Waals surface area contributed by atoms with Gasteiger partial charge in [-0.15, -0.1) is 0 Å². The van der Waals surface area contributed by atoms with E-state index in [-0.39, 0.29) is 11.9 Å². The Balaban J connectivity index is 1.93. The van der Waals surface area contributed by atoms with Gasteiger partial charge in [-0.2, -0.15) is 0 Å². The van der Waals surface area contributed by atoms with Gasteiger partial charge in [0.05, 0.1) is 38.1 Å². The van der Waals surface area contributed by atoms with Crippen LogP contribution in [0.5, 0.6) is 11.5 Å². The lowest BCUT2D eigenvalue weighted by molar-refractivity contribution is -0.125. The first-order valence-electron chi connectivity index (χ1n) is 9.80. The van der Waals surface area contributed by atoms with E-state index < -0.39 is 6.04 Å². The molecule has 1 atom stereocenters. The molecule has 28 heavy (non-hydrogen) atoms. The predicted molar refractivity (Wildman–Crippen MR) is 106 cm³/mol. The van der Waals surface area contributed by atoms with E-state index in [1.54, 1.807) is 32.2 Å². The van der Waals surface area contributed by atoms with Crippen LogP contribution in [0.1, 0.15) is 44.2 Å². The van der Waals surface area contributed by atoms with Crippen molar-refractivity contribution in [3.8, 4) is 11.5 Å². The molecule has 0 saturated carbocycles. The van der Waals surface area contributed by atoms with Gasteiger partial charge in [-0.3, -0.25) is 9.69 Å². The molecule has 2 heterocycles. The smallest absolute Gasteiger partial charge is 0.322 e. The van der Waals surface area contributed by atoms with Crippen LogP contribution in [0.3, 0.4) is 0 Å². The van der Waals surface area contributed by atoms with Crippen molar-refractivity contribution in [2.75, 3.05) is 34.4 Å². The summed E-state index contributed by atoms with van der Waals surface area (Å²) in [7, 11) is 4.83. The molecular formula is C21H29N3O4. The number of carbonyl (C=O) groups excluding carboxylic acids is 2. The number of amides is 3. The maximum atomic E-state index is 13.2. The molecule has 1 aromatic carbocycles. The van der Waals surface area contributed by atoms with Gasteiger partial charge < -0.3 is 19.7 Å². The minimum atomic E-state index is -0.558. The number of unbranched alkanes of at least 4 members (excludes halogenated alkanes) is 3. The minimum Gasteiger partial charge on any atom is -0.493 e. The summed E-state index contributed by atoms with van der Waals surface area (Å²) in [5.41, 5.74) is 2.10. The average Bonchev–Trinajstić information content (AvgIpc) is 3.04. The van der Waals surface area contributed by atoms with Crippen molar-refractivity contribution in [1.82, 2.24) is 15.1 Å². The summed E-state index contributed by atoms with van der Waals surface area (Å²) in [6.07, 6.45) is 4.39. The summed E-state index contributed by atoms with van der Waals surface area (Å²) in [5.74, 6) is 1.08. The maximum absolute atomic E-state index is 13.2. The summed E-state index contributed by atoms with van der Waals surface area (Å²) in [6.45, 7) is 3.34. The van der Waals surface area contributed by atoms with Gasteiger partial charge in [0, 0.05) is 19.2 Å². The standard InChI is InChI=1S/C21H29N3O4/c1-5-6-7-8-12-24-13-15-17(20(24)25)18(22-21(26)23(15)2)14-10-9-11-16(27-3)19(14)28-4/h9-11,18H,5-8,12-13H2,1-4H3,(H,22,26)/t18-/m0/s1. The molecule has 152 valence electrons. The molecule has 1 aromatic rings. The Hall–Kier alpha value is -2.70. The van der Waals surface area contributed by atoms with Gasteiger partial charge in [-0.05, 0) is 12.5 Å². The quantitative estimate of drug-likeness (QED) is 0.696. The monoisotopic (exact) mass is 387 g/mol. The van der Waals surface area contributed by atoms with Crippen LogP contribution in [-0.4, -0.2) is 56.1 Å². The van der Waals surface area contributed by atoms with Crippen LogP contribution in [0, 0.1) is 0 Å². The Morgan fingerprint density at radius 2 is 1.93 bits per heavy atom. The van der Waals surface area contributed by atoms with E-state index in [2.05, 4.69) is 12.2 Å². The van der Waals surface area contributed by atoms with Gasteiger partial charge in [0.15, 0.2) is 11.5 Å². The topological polar surface area (TPSA) is 71.1 Å². The molecule has 0 spiro atoms. The molecule has 1 N–H and O–H groups in total. The lowest BCUT2D eigenvalue weighted by Gasteiger charge is -2.31. The molecule has 0 bridgehead atoms. The number of hydrogen-bond donors (Lipinski definition) is 1. The van der Waals surface area contributed by atoms with Crippen LogP contribution >= 0.6 is 0 Å². The lowest BCUT2D eigenvalue weighted by atomic mass is 9.94. The highest BCUT2D eigenvalue weighted by molar-refractivity contribution is 6.01. The van der Waals surface area contributed by atoms with Gasteiger partial charge in [-0.25, -0.2) is 4.79 Å². The molecule has 7 nitrogen and oxygen atoms in total. The average molecular weight is 387 g/mol. The number of methoxy groups -OCH3 is 2. The SMILES string of the molecule is CCCCCCN1CC2=C(C1=O)[C@H](c1cccc(OC)c1OC)NC(=O)N2C. The van der Waals surface area contributed by atoms with E-state index in [0.29, 0.717) is 30.2 Å². The van der Waals surface area contributed by atoms with Gasteiger partial charge >= 0.3 is 6.03 Å². The maximum Gasteiger partial charge on any atom is 0.322 e. The summed E-state index contributed by atoms with van der Waals surface area (Å²) < 4.78 is 10.9. The van der Waals surface area contributed by atoms with E-state index >= 15 is 0 Å². The molecule has 7 heteroatoms. The Labute approximate surface area is 166 Å². The van der Waals surface area contributed by atoms with Crippen molar-refractivity contribution in [3.63, 3.8) is 0 Å². The second-order valence-corrected chi connectivity index (χ2v) is 7.17. The Morgan fingerprint density at radius 1 is 1.14 bits per heavy atom. The molecule has 2 aliphatic rings. The molecule has 3 amide bonds. The molecule has 0 aliphatic carbocycles. The normalized spacial score (nSPS) is 19.1. The zero-order valence-corrected chi connectivity index (χ0v) is 17.1. The van der Waals surface area contributed by atoms with Crippen LogP contribution in [-0.2, 0) is 4.79 Å². The van der Waals surface area contributed by atoms with E-state index in [1.807, 2.05) is 17.0 Å². The van der Waals surface area contributed by atoms with Gasteiger partial charge in [-0.1, -0.05) is 38.3 Å². The lowest BCUT2D eigenvalue weighted by Crippen LogP contribution is -2.45. The highest BCUT2D eigenvalue weighted by atomic mass is 16.5. The zero-order valence-electron chi connectivity index (χ0n) is 17.1. The summed E-state index contributed by atoms with van der Waals surface area (Å²) in [5, 5.41) is 2.95. The van der Waals surface area contributed by atoms with Gasteiger partial charge in [0.1, 0.15) is 0 Å². The number of benzene rings is 1. The van der Waals surface area contributed by atoms with Crippen LogP contribution in [0.25, 0.3) is 0 Å². The third kappa shape index (κ3) is 3.53. The largest absolute Gasteiger partial charge is 0.493 e. The van der Waals surface area contributed by atoms with E-state index in [0.717, 1.165) is 30.5 Å². The van der Waals surface area contributed by atoms with Crippen molar-refractivity contribution in [2.24, 2.45) is 0 Å². The highest BCUT2D eigenvalue weighted by Crippen LogP contribution is 2.42. The fourth-order valence-electron chi connectivity index (χ4n) is 3.91. The first kappa shape index (κ1) is 20.0. The Morgan fingerprint density at radius 3 is 2.61 bits per heavy atom. The summed E-state index contributed by atoms with van der Waals surface area (Å²) in [4.78, 5) is 29.2. The van der Waals surface area contributed by atoms with Crippen LogP contribution in [0.2, 0.25) is 0 Å². The van der Waals surface area contributed by atoms with E-state index in [1.165, 1.54) is 6.42 Å². The third-order valence-corrected chi connectivity index (χ3v) is 5.46. The molecule has 3 rings (SSSR count). The Kier molecular flexibility index (Phi) is 6.11. The van der Waals surface area contributed by atoms with E-state index in [4.69, 9.17) is 9.47 Å². The number of likely N-dealkylation sites (N-methyl/N-ethyl adjacent to an activating group) is 1. The van der Waals surface area contributed by atoms with Crippen molar-refractivity contribution < 1.29 is 19.1 Å². The first-order valence-corrected chi connectivity index (χ1v) is 9.80. The summed E-state index contributed by atoms with van der Waals surface area (Å²) >= 11 is 0. The molecule has 0 saturated heterocycles. The van der Waals surface area contributed by atoms with Gasteiger partial charge in [0.2, 0.25) is 0 Å². The van der Waals surface area contributed by atoms with Gasteiger partial charge in [0.25, 0.3) is 5.91 Å². The zero-order chi connectivity index (χ0) is 20.3. The first-order chi connectivity index (χ1) is 13.5. The molecular weight excluding hydrogens is 358 g/mol. The number of ether oxygens (including phenoxy) is 2. The van der Waals surface area contributed by atoms with E-state index in [9.17, 15) is 9.59 Å². The van der Waals surface area contributed by atoms with Crippen LogP contribution < -0.4 is 14.8 Å². The second kappa shape index (κ2) is 8.54. The Bertz CT molecular complexity index is 790. The number of nitrogens with one attached hydrogen (secondary N) is 1. The number of urea groups is 1. The third-order valence-electron chi connectivity index (χ3n) is 5.46. The van der Waals surface area contributed by atoms with Crippen LogP contribution in [0.15, 0.2) is 29.5 Å². The number of rotatable bonds is 8. The highest BCUT2D eigenvalue weighted by Gasteiger charge is 2.43. The summed E-state index contributed by atoms with van der Waals surface area (Å²) in [6, 6.07) is 4.71. The van der Waals surface area contributed by atoms with Crippen molar-refractivity contribution in [3.05, 3.63) is 35.0 Å². The number of hydrogen-bond acceptors (Lipinski definition) is 4. The van der Waals surface area contributed by atoms with Crippen molar-refractivity contribution in [1.29, 1.82) is 0 Å². The molecule has 0 fully saturated rings. The fraction of sp³-hybridized carbons (Fsp3) is 0.524.